The maximum Gasteiger partial charge on any atom is 0.135 e. The molecule has 0 saturated carbocycles. The van der Waals surface area contributed by atoms with Gasteiger partial charge in [0.25, 0.3) is 0 Å². The summed E-state index contributed by atoms with van der Waals surface area (Å²) in [7, 11) is -0.944. The fourth-order valence-electron chi connectivity index (χ4n) is 2.55. The molecule has 132 valence electrons. The summed E-state index contributed by atoms with van der Waals surface area (Å²) in [4.78, 5) is 0.623. The SMILES string of the molecule is CC(=S)NCc1cn(-c2cc(F)c(C3=CCS(=O)CC3)c(F)c2)nn1. The Hall–Kier alpha value is -2.00. The van der Waals surface area contributed by atoms with E-state index in [0.717, 1.165) is 0 Å². The summed E-state index contributed by atoms with van der Waals surface area (Å²) in [5, 5.41) is 10.8. The van der Waals surface area contributed by atoms with E-state index < -0.39 is 22.4 Å². The van der Waals surface area contributed by atoms with E-state index in [1.165, 1.54) is 16.8 Å². The van der Waals surface area contributed by atoms with Crippen molar-refractivity contribution in [1.29, 1.82) is 0 Å². The monoisotopic (exact) mass is 382 g/mol. The summed E-state index contributed by atoms with van der Waals surface area (Å²) < 4.78 is 41.7. The van der Waals surface area contributed by atoms with Gasteiger partial charge in [0.15, 0.2) is 0 Å². The van der Waals surface area contributed by atoms with Crippen LogP contribution in [0.5, 0.6) is 0 Å². The van der Waals surface area contributed by atoms with Gasteiger partial charge >= 0.3 is 0 Å². The summed E-state index contributed by atoms with van der Waals surface area (Å²) in [5.41, 5.74) is 1.35. The summed E-state index contributed by atoms with van der Waals surface area (Å²) in [6.45, 7) is 2.14. The second-order valence-electron chi connectivity index (χ2n) is 5.64. The highest BCUT2D eigenvalue weighted by Crippen LogP contribution is 2.29. The predicted molar refractivity (Wildman–Crippen MR) is 96.9 cm³/mol. The van der Waals surface area contributed by atoms with Crippen LogP contribution in [0.2, 0.25) is 0 Å². The van der Waals surface area contributed by atoms with Crippen LogP contribution in [0.4, 0.5) is 8.78 Å². The first-order valence-corrected chi connectivity index (χ1v) is 9.53. The molecule has 1 aliphatic rings. The molecule has 1 N–H and O–H groups in total. The van der Waals surface area contributed by atoms with Crippen molar-refractivity contribution in [3.8, 4) is 5.69 Å². The van der Waals surface area contributed by atoms with E-state index >= 15 is 0 Å². The van der Waals surface area contributed by atoms with Gasteiger partial charge in [0.2, 0.25) is 0 Å². The van der Waals surface area contributed by atoms with E-state index in [0.29, 0.717) is 40.7 Å². The van der Waals surface area contributed by atoms with E-state index in [1.54, 1.807) is 19.2 Å². The molecule has 0 fully saturated rings. The molecular weight excluding hydrogens is 366 g/mol. The molecule has 3 rings (SSSR count). The van der Waals surface area contributed by atoms with Gasteiger partial charge in [-0.3, -0.25) is 4.21 Å². The Morgan fingerprint density at radius 1 is 1.40 bits per heavy atom. The zero-order chi connectivity index (χ0) is 18.0. The average Bonchev–Trinajstić information content (AvgIpc) is 3.03. The van der Waals surface area contributed by atoms with Gasteiger partial charge in [-0.05, 0) is 18.9 Å². The fourth-order valence-corrected chi connectivity index (χ4v) is 3.62. The van der Waals surface area contributed by atoms with Crippen LogP contribution in [-0.4, -0.2) is 35.7 Å². The van der Waals surface area contributed by atoms with Crippen LogP contribution in [0.3, 0.4) is 0 Å². The van der Waals surface area contributed by atoms with Crippen LogP contribution in [-0.2, 0) is 17.3 Å². The van der Waals surface area contributed by atoms with Gasteiger partial charge < -0.3 is 5.32 Å². The number of rotatable bonds is 4. The largest absolute Gasteiger partial charge is 0.374 e. The lowest BCUT2D eigenvalue weighted by molar-refractivity contribution is 0.572. The minimum Gasteiger partial charge on any atom is -0.374 e. The highest BCUT2D eigenvalue weighted by Gasteiger charge is 2.19. The molecule has 9 heteroatoms. The van der Waals surface area contributed by atoms with Crippen molar-refractivity contribution in [2.45, 2.75) is 19.9 Å². The maximum atomic E-state index is 14.5. The van der Waals surface area contributed by atoms with E-state index in [1.807, 2.05) is 0 Å². The van der Waals surface area contributed by atoms with Gasteiger partial charge in [0, 0.05) is 40.0 Å². The van der Waals surface area contributed by atoms with Crippen molar-refractivity contribution in [3.05, 3.63) is 47.3 Å². The number of benzene rings is 1. The Morgan fingerprint density at radius 2 is 2.12 bits per heavy atom. The minimum absolute atomic E-state index is 0.0567. The number of aromatic nitrogens is 3. The summed E-state index contributed by atoms with van der Waals surface area (Å²) in [5.74, 6) is -0.586. The number of halogens is 2. The van der Waals surface area contributed by atoms with Crippen molar-refractivity contribution in [2.75, 3.05) is 11.5 Å². The van der Waals surface area contributed by atoms with Crippen molar-refractivity contribution in [3.63, 3.8) is 0 Å². The zero-order valence-electron chi connectivity index (χ0n) is 13.5. The predicted octanol–water partition coefficient (Wildman–Crippen LogP) is 2.52. The standard InChI is InChI=1S/C16H16F2N4OS2/c1-10(24)19-8-12-9-22(21-20-12)13-6-14(17)16(15(18)7-13)11-2-4-25(23)5-3-11/h2,6-7,9H,3-5,8H2,1H3,(H,19,24). The molecule has 1 atom stereocenters. The molecule has 0 aliphatic carbocycles. The number of hydrogen-bond donors (Lipinski definition) is 1. The molecule has 2 aromatic rings. The zero-order valence-corrected chi connectivity index (χ0v) is 15.1. The Labute approximate surface area is 151 Å². The molecule has 0 amide bonds. The smallest absolute Gasteiger partial charge is 0.135 e. The molecule has 25 heavy (non-hydrogen) atoms. The lowest BCUT2D eigenvalue weighted by atomic mass is 10.0. The first kappa shape index (κ1) is 17.8. The molecule has 0 bridgehead atoms. The third-order valence-electron chi connectivity index (χ3n) is 3.79. The van der Waals surface area contributed by atoms with Gasteiger partial charge in [-0.2, -0.15) is 0 Å². The van der Waals surface area contributed by atoms with Gasteiger partial charge in [-0.25, -0.2) is 13.5 Å². The van der Waals surface area contributed by atoms with Crippen LogP contribution < -0.4 is 5.32 Å². The number of hydrogen-bond acceptors (Lipinski definition) is 4. The van der Waals surface area contributed by atoms with E-state index in [9.17, 15) is 13.0 Å². The van der Waals surface area contributed by atoms with Crippen LogP contribution in [0, 0.1) is 11.6 Å². The number of thiocarbonyl (C=S) groups is 1. The first-order valence-electron chi connectivity index (χ1n) is 7.63. The fraction of sp³-hybridized carbons (Fsp3) is 0.312. The molecule has 2 heterocycles. The topological polar surface area (TPSA) is 59.8 Å². The number of allylic oxidation sites excluding steroid dienone is 1. The molecule has 1 aromatic heterocycles. The molecular formula is C16H16F2N4OS2. The summed E-state index contributed by atoms with van der Waals surface area (Å²) in [6, 6.07) is 2.45. The maximum absolute atomic E-state index is 14.5. The Kier molecular flexibility index (Phi) is 5.33. The summed E-state index contributed by atoms with van der Waals surface area (Å²) >= 11 is 4.92. The molecule has 1 aliphatic heterocycles. The van der Waals surface area contributed by atoms with Gasteiger partial charge in [-0.1, -0.05) is 23.5 Å². The number of nitrogens with one attached hydrogen (secondary N) is 1. The van der Waals surface area contributed by atoms with Crippen LogP contribution in [0.25, 0.3) is 11.3 Å². The van der Waals surface area contributed by atoms with Crippen molar-refractivity contribution < 1.29 is 13.0 Å². The Morgan fingerprint density at radius 3 is 2.72 bits per heavy atom. The average molecular weight is 382 g/mol. The summed E-state index contributed by atoms with van der Waals surface area (Å²) in [6.07, 6.45) is 3.63. The lowest BCUT2D eigenvalue weighted by Crippen LogP contribution is -2.17. The third-order valence-corrected chi connectivity index (χ3v) is 5.13. The van der Waals surface area contributed by atoms with Crippen molar-refractivity contribution in [2.24, 2.45) is 0 Å². The highest BCUT2D eigenvalue weighted by atomic mass is 32.2. The second kappa shape index (κ2) is 7.49. The Bertz CT molecular complexity index is 856. The molecule has 1 unspecified atom stereocenters. The normalized spacial score (nSPS) is 17.2. The van der Waals surface area contributed by atoms with Crippen LogP contribution >= 0.6 is 12.2 Å². The van der Waals surface area contributed by atoms with Crippen LogP contribution in [0.15, 0.2) is 24.4 Å². The molecule has 0 spiro atoms. The molecule has 5 nitrogen and oxygen atoms in total. The first-order chi connectivity index (χ1) is 11.9. The van der Waals surface area contributed by atoms with Crippen molar-refractivity contribution >= 4 is 33.6 Å². The Balaban J connectivity index is 1.87. The highest BCUT2D eigenvalue weighted by molar-refractivity contribution is 7.85. The number of nitrogens with zero attached hydrogens (tertiary/aromatic N) is 3. The lowest BCUT2D eigenvalue weighted by Gasteiger charge is -2.15. The van der Waals surface area contributed by atoms with Gasteiger partial charge in [-0.15, -0.1) is 5.10 Å². The second-order valence-corrected chi connectivity index (χ2v) is 7.87. The van der Waals surface area contributed by atoms with E-state index in [-0.39, 0.29) is 11.3 Å². The van der Waals surface area contributed by atoms with Crippen LogP contribution in [0.1, 0.15) is 24.6 Å². The molecule has 0 radical (unpaired) electrons. The van der Waals surface area contributed by atoms with Gasteiger partial charge in [0.1, 0.15) is 17.3 Å². The van der Waals surface area contributed by atoms with E-state index in [2.05, 4.69) is 15.6 Å². The third kappa shape index (κ3) is 4.16. The molecule has 0 saturated heterocycles. The minimum atomic E-state index is -0.944. The van der Waals surface area contributed by atoms with E-state index in [4.69, 9.17) is 12.2 Å². The quantitative estimate of drug-likeness (QED) is 0.824. The van der Waals surface area contributed by atoms with Crippen molar-refractivity contribution in [1.82, 2.24) is 20.3 Å². The van der Waals surface area contributed by atoms with Gasteiger partial charge in [0.05, 0.1) is 23.4 Å². The molecule has 1 aromatic carbocycles.